The summed E-state index contributed by atoms with van der Waals surface area (Å²) in [5, 5.41) is 3.28. The Morgan fingerprint density at radius 2 is 1.88 bits per heavy atom. The second-order valence-electron chi connectivity index (χ2n) is 4.89. The third kappa shape index (κ3) is 5.23. The molecule has 0 bridgehead atoms. The molecular formula is C17H15Cl2NO4. The highest BCUT2D eigenvalue weighted by Gasteiger charge is 2.11. The van der Waals surface area contributed by atoms with Gasteiger partial charge in [0.2, 0.25) is 0 Å². The Labute approximate surface area is 149 Å². The first kappa shape index (κ1) is 18.3. The van der Waals surface area contributed by atoms with E-state index in [1.165, 1.54) is 6.07 Å². The molecule has 24 heavy (non-hydrogen) atoms. The lowest BCUT2D eigenvalue weighted by Crippen LogP contribution is -2.21. The van der Waals surface area contributed by atoms with Gasteiger partial charge in [0.1, 0.15) is 0 Å². The van der Waals surface area contributed by atoms with Crippen molar-refractivity contribution in [2.45, 2.75) is 6.61 Å². The lowest BCUT2D eigenvalue weighted by molar-refractivity contribution is -0.119. The van der Waals surface area contributed by atoms with Gasteiger partial charge in [-0.05, 0) is 35.9 Å². The molecule has 0 fully saturated rings. The number of carbonyl (C=O) groups is 2. The smallest absolute Gasteiger partial charge is 0.338 e. The van der Waals surface area contributed by atoms with Crippen LogP contribution in [0, 0.1) is 0 Å². The molecule has 2 aromatic rings. The fourth-order valence-corrected chi connectivity index (χ4v) is 2.24. The van der Waals surface area contributed by atoms with Gasteiger partial charge >= 0.3 is 5.97 Å². The molecule has 1 amide bonds. The van der Waals surface area contributed by atoms with E-state index >= 15 is 0 Å². The Balaban J connectivity index is 1.90. The van der Waals surface area contributed by atoms with Crippen molar-refractivity contribution in [2.75, 3.05) is 19.0 Å². The number of hydrogen-bond donors (Lipinski definition) is 1. The van der Waals surface area contributed by atoms with Crippen LogP contribution in [0.3, 0.4) is 0 Å². The Morgan fingerprint density at radius 1 is 1.08 bits per heavy atom. The molecule has 0 heterocycles. The highest BCUT2D eigenvalue weighted by atomic mass is 35.5. The molecule has 1 N–H and O–H groups in total. The van der Waals surface area contributed by atoms with Gasteiger partial charge in [0.05, 0.1) is 22.2 Å². The zero-order valence-corrected chi connectivity index (χ0v) is 14.4. The van der Waals surface area contributed by atoms with Crippen LogP contribution >= 0.6 is 23.2 Å². The summed E-state index contributed by atoms with van der Waals surface area (Å²) in [5.74, 6) is -1.06. The zero-order chi connectivity index (χ0) is 17.5. The highest BCUT2D eigenvalue weighted by Crippen LogP contribution is 2.24. The number of carbonyl (C=O) groups excluding carboxylic acids is 2. The summed E-state index contributed by atoms with van der Waals surface area (Å²) in [6.45, 7) is -0.0213. The predicted molar refractivity (Wildman–Crippen MR) is 92.5 cm³/mol. The molecule has 2 aromatic carbocycles. The number of hydrogen-bond acceptors (Lipinski definition) is 4. The minimum Gasteiger partial charge on any atom is -0.452 e. The molecular weight excluding hydrogens is 353 g/mol. The van der Waals surface area contributed by atoms with Gasteiger partial charge in [-0.25, -0.2) is 4.79 Å². The van der Waals surface area contributed by atoms with Crippen LogP contribution < -0.4 is 5.32 Å². The molecule has 0 aliphatic rings. The molecule has 0 aliphatic carbocycles. The van der Waals surface area contributed by atoms with Crippen LogP contribution in [0.4, 0.5) is 5.69 Å². The topological polar surface area (TPSA) is 64.6 Å². The van der Waals surface area contributed by atoms with E-state index in [1.54, 1.807) is 37.4 Å². The Morgan fingerprint density at radius 3 is 2.58 bits per heavy atom. The Bertz CT molecular complexity index is 749. The van der Waals surface area contributed by atoms with Gasteiger partial charge in [-0.2, -0.15) is 0 Å². The Hall–Kier alpha value is -2.08. The van der Waals surface area contributed by atoms with Crippen LogP contribution in [0.1, 0.15) is 15.9 Å². The molecule has 2 rings (SSSR count). The molecule has 0 aromatic heterocycles. The molecule has 7 heteroatoms. The van der Waals surface area contributed by atoms with E-state index in [1.807, 2.05) is 6.07 Å². The van der Waals surface area contributed by atoms with E-state index in [4.69, 9.17) is 32.7 Å². The summed E-state index contributed by atoms with van der Waals surface area (Å²) >= 11 is 11.7. The summed E-state index contributed by atoms with van der Waals surface area (Å²) in [5.41, 5.74) is 1.66. The van der Waals surface area contributed by atoms with E-state index in [9.17, 15) is 9.59 Å². The van der Waals surface area contributed by atoms with Gasteiger partial charge in [0, 0.05) is 12.8 Å². The van der Waals surface area contributed by atoms with Crippen molar-refractivity contribution >= 4 is 40.8 Å². The average Bonchev–Trinajstić information content (AvgIpc) is 2.56. The lowest BCUT2D eigenvalue weighted by atomic mass is 10.1. The molecule has 0 aliphatic heterocycles. The van der Waals surface area contributed by atoms with Gasteiger partial charge in [-0.15, -0.1) is 0 Å². The number of nitrogens with one attached hydrogen (secondary N) is 1. The average molecular weight is 368 g/mol. The molecule has 0 saturated carbocycles. The summed E-state index contributed by atoms with van der Waals surface area (Å²) in [7, 11) is 1.57. The van der Waals surface area contributed by atoms with Gasteiger partial charge in [0.25, 0.3) is 5.91 Å². The van der Waals surface area contributed by atoms with Gasteiger partial charge in [-0.3, -0.25) is 4.79 Å². The maximum absolute atomic E-state index is 12.0. The van der Waals surface area contributed by atoms with Crippen molar-refractivity contribution in [3.05, 3.63) is 63.6 Å². The summed E-state index contributed by atoms with van der Waals surface area (Å²) in [6.07, 6.45) is 0. The molecule has 5 nitrogen and oxygen atoms in total. The number of ether oxygens (including phenoxy) is 2. The number of halogens is 2. The number of rotatable bonds is 6. The first-order valence-electron chi connectivity index (χ1n) is 6.99. The van der Waals surface area contributed by atoms with Crippen LogP contribution in [0.15, 0.2) is 42.5 Å². The van der Waals surface area contributed by atoms with E-state index in [-0.39, 0.29) is 0 Å². The van der Waals surface area contributed by atoms with Crippen molar-refractivity contribution in [2.24, 2.45) is 0 Å². The van der Waals surface area contributed by atoms with Crippen molar-refractivity contribution < 1.29 is 19.1 Å². The summed E-state index contributed by atoms with van der Waals surface area (Å²) < 4.78 is 10.0. The van der Waals surface area contributed by atoms with E-state index < -0.39 is 18.5 Å². The van der Waals surface area contributed by atoms with Crippen molar-refractivity contribution in [1.82, 2.24) is 0 Å². The fourth-order valence-electron chi connectivity index (χ4n) is 1.94. The first-order valence-corrected chi connectivity index (χ1v) is 7.75. The minimum absolute atomic E-state index is 0.321. The van der Waals surface area contributed by atoms with Crippen LogP contribution in [0.25, 0.3) is 0 Å². The monoisotopic (exact) mass is 367 g/mol. The number of benzene rings is 2. The van der Waals surface area contributed by atoms with Crippen molar-refractivity contribution in [1.29, 1.82) is 0 Å². The van der Waals surface area contributed by atoms with Crippen LogP contribution in [0.2, 0.25) is 10.0 Å². The number of amides is 1. The second-order valence-corrected chi connectivity index (χ2v) is 5.70. The number of anilines is 1. The van der Waals surface area contributed by atoms with Gasteiger partial charge in [-0.1, -0.05) is 35.3 Å². The molecule has 0 spiro atoms. The fraction of sp³-hybridized carbons (Fsp3) is 0.176. The SMILES string of the molecule is COCc1cccc(C(=O)OCC(=O)Nc2ccc(Cl)c(Cl)c2)c1. The third-order valence-electron chi connectivity index (χ3n) is 3.01. The highest BCUT2D eigenvalue weighted by molar-refractivity contribution is 6.42. The van der Waals surface area contributed by atoms with E-state index in [0.29, 0.717) is 27.9 Å². The van der Waals surface area contributed by atoms with Crippen LogP contribution in [-0.4, -0.2) is 25.6 Å². The third-order valence-corrected chi connectivity index (χ3v) is 3.75. The molecule has 0 unspecified atom stereocenters. The number of methoxy groups -OCH3 is 1. The maximum atomic E-state index is 12.0. The van der Waals surface area contributed by atoms with Crippen LogP contribution in [0.5, 0.6) is 0 Å². The molecule has 0 saturated heterocycles. The maximum Gasteiger partial charge on any atom is 0.338 e. The molecule has 0 radical (unpaired) electrons. The second kappa shape index (κ2) is 8.68. The van der Waals surface area contributed by atoms with Crippen molar-refractivity contribution in [3.8, 4) is 0 Å². The minimum atomic E-state index is -0.586. The van der Waals surface area contributed by atoms with Gasteiger partial charge < -0.3 is 14.8 Å². The quantitative estimate of drug-likeness (QED) is 0.785. The summed E-state index contributed by atoms with van der Waals surface area (Å²) in [6, 6.07) is 11.5. The number of esters is 1. The van der Waals surface area contributed by atoms with E-state index in [0.717, 1.165) is 5.56 Å². The molecule has 0 atom stereocenters. The summed E-state index contributed by atoms with van der Waals surface area (Å²) in [4.78, 5) is 23.8. The first-order chi connectivity index (χ1) is 11.5. The Kier molecular flexibility index (Phi) is 6.61. The standard InChI is InChI=1S/C17H15Cl2NO4/c1-23-9-11-3-2-4-12(7-11)17(22)24-10-16(21)20-13-5-6-14(18)15(19)8-13/h2-8H,9-10H2,1H3,(H,20,21). The van der Waals surface area contributed by atoms with Crippen LogP contribution in [-0.2, 0) is 20.9 Å². The predicted octanol–water partition coefficient (Wildman–Crippen LogP) is 3.94. The lowest BCUT2D eigenvalue weighted by Gasteiger charge is -2.08. The zero-order valence-electron chi connectivity index (χ0n) is 12.8. The van der Waals surface area contributed by atoms with Crippen molar-refractivity contribution in [3.63, 3.8) is 0 Å². The normalized spacial score (nSPS) is 10.3. The van der Waals surface area contributed by atoms with E-state index in [2.05, 4.69) is 5.32 Å². The molecule has 126 valence electrons. The van der Waals surface area contributed by atoms with Gasteiger partial charge in [0.15, 0.2) is 6.61 Å². The largest absolute Gasteiger partial charge is 0.452 e.